The molecule has 1 atom stereocenters. The van der Waals surface area contributed by atoms with Gasteiger partial charge < -0.3 is 24.3 Å². The van der Waals surface area contributed by atoms with Crippen LogP contribution in [0.15, 0.2) is 34.7 Å². The van der Waals surface area contributed by atoms with E-state index in [1.165, 1.54) is 0 Å². The summed E-state index contributed by atoms with van der Waals surface area (Å²) in [6.45, 7) is 5.14. The van der Waals surface area contributed by atoms with E-state index in [1.807, 2.05) is 0 Å². The summed E-state index contributed by atoms with van der Waals surface area (Å²) in [5.41, 5.74) is -0.732. The zero-order valence-corrected chi connectivity index (χ0v) is 17.1. The van der Waals surface area contributed by atoms with Crippen molar-refractivity contribution in [1.82, 2.24) is 5.32 Å². The number of carboxylic acids is 1. The third-order valence-corrected chi connectivity index (χ3v) is 4.20. The Balaban J connectivity index is 1.96. The number of carbonyl (C=O) groups is 2. The quantitative estimate of drug-likeness (QED) is 0.662. The van der Waals surface area contributed by atoms with Crippen LogP contribution < -0.4 is 10.1 Å². The van der Waals surface area contributed by atoms with E-state index in [1.54, 1.807) is 51.1 Å². The summed E-state index contributed by atoms with van der Waals surface area (Å²) in [5, 5.41) is 12.3. The fourth-order valence-corrected chi connectivity index (χ4v) is 2.55. The molecule has 0 fully saturated rings. The Labute approximate surface area is 172 Å². The molecule has 2 aromatic rings. The highest BCUT2D eigenvalue weighted by atomic mass is 35.5. The number of hydrogen-bond donors (Lipinski definition) is 2. The number of halogens is 2. The zero-order valence-electron chi connectivity index (χ0n) is 15.6. The van der Waals surface area contributed by atoms with Gasteiger partial charge in [0.2, 0.25) is 0 Å². The Kier molecular flexibility index (Phi) is 7.21. The van der Waals surface area contributed by atoms with Crippen LogP contribution in [0, 0.1) is 0 Å². The Bertz CT molecular complexity index is 843. The van der Waals surface area contributed by atoms with Crippen molar-refractivity contribution < 1.29 is 28.6 Å². The van der Waals surface area contributed by atoms with E-state index >= 15 is 0 Å². The summed E-state index contributed by atoms with van der Waals surface area (Å²) in [6, 6.07) is 7.09. The summed E-state index contributed by atoms with van der Waals surface area (Å²) in [5.74, 6) is 0.0413. The van der Waals surface area contributed by atoms with Gasteiger partial charge in [-0.1, -0.05) is 29.3 Å². The van der Waals surface area contributed by atoms with Crippen LogP contribution in [0.25, 0.3) is 0 Å². The third kappa shape index (κ3) is 6.65. The number of furan rings is 1. The summed E-state index contributed by atoms with van der Waals surface area (Å²) >= 11 is 12.0. The predicted molar refractivity (Wildman–Crippen MR) is 104 cm³/mol. The van der Waals surface area contributed by atoms with Gasteiger partial charge in [0.15, 0.2) is 0 Å². The monoisotopic (exact) mass is 429 g/mol. The van der Waals surface area contributed by atoms with E-state index in [2.05, 4.69) is 5.32 Å². The lowest BCUT2D eigenvalue weighted by molar-refractivity contribution is -0.139. The molecule has 2 rings (SSSR count). The summed E-state index contributed by atoms with van der Waals surface area (Å²) < 4.78 is 16.2. The number of benzene rings is 1. The highest BCUT2D eigenvalue weighted by molar-refractivity contribution is 6.42. The lowest BCUT2D eigenvalue weighted by Crippen LogP contribution is -2.44. The molecule has 0 saturated carbocycles. The maximum atomic E-state index is 11.8. The van der Waals surface area contributed by atoms with Crippen molar-refractivity contribution in [3.63, 3.8) is 0 Å². The summed E-state index contributed by atoms with van der Waals surface area (Å²) in [4.78, 5) is 23.2. The van der Waals surface area contributed by atoms with Gasteiger partial charge in [-0.05, 0) is 45.0 Å². The lowest BCUT2D eigenvalue weighted by Gasteiger charge is -2.21. The number of rotatable bonds is 7. The van der Waals surface area contributed by atoms with Crippen LogP contribution in [0.4, 0.5) is 4.79 Å². The molecule has 0 bridgehead atoms. The summed E-state index contributed by atoms with van der Waals surface area (Å²) in [7, 11) is 0. The number of carboxylic acid groups (broad SMARTS) is 1. The van der Waals surface area contributed by atoms with Gasteiger partial charge >= 0.3 is 12.1 Å². The fourth-order valence-electron chi connectivity index (χ4n) is 2.21. The molecule has 0 aliphatic rings. The molecule has 1 amide bonds. The number of alkyl carbamates (subject to hydrolysis) is 1. The van der Waals surface area contributed by atoms with Gasteiger partial charge in [-0.15, -0.1) is 0 Å². The molecular formula is C19H21Cl2NO6. The average molecular weight is 430 g/mol. The average Bonchev–Trinajstić information content (AvgIpc) is 3.01. The minimum absolute atomic E-state index is 0.0491. The molecule has 152 valence electrons. The van der Waals surface area contributed by atoms with Gasteiger partial charge in [0.25, 0.3) is 0 Å². The van der Waals surface area contributed by atoms with E-state index in [4.69, 9.17) is 37.1 Å². The van der Waals surface area contributed by atoms with Crippen molar-refractivity contribution in [2.45, 2.75) is 45.4 Å². The molecule has 0 spiro atoms. The van der Waals surface area contributed by atoms with Gasteiger partial charge in [0.05, 0.1) is 5.02 Å². The third-order valence-electron chi connectivity index (χ3n) is 3.40. The highest BCUT2D eigenvalue weighted by Crippen LogP contribution is 2.32. The number of carbonyl (C=O) groups excluding carboxylic acids is 1. The van der Waals surface area contributed by atoms with Crippen molar-refractivity contribution in [3.05, 3.63) is 51.9 Å². The van der Waals surface area contributed by atoms with E-state index in [0.29, 0.717) is 27.3 Å². The first-order chi connectivity index (χ1) is 13.0. The first-order valence-electron chi connectivity index (χ1n) is 8.42. The van der Waals surface area contributed by atoms with Crippen LogP contribution in [-0.4, -0.2) is 28.8 Å². The van der Waals surface area contributed by atoms with E-state index in [-0.39, 0.29) is 13.0 Å². The van der Waals surface area contributed by atoms with Gasteiger partial charge in [0, 0.05) is 6.42 Å². The van der Waals surface area contributed by atoms with Gasteiger partial charge in [-0.25, -0.2) is 9.59 Å². The number of ether oxygens (including phenoxy) is 2. The Hall–Kier alpha value is -2.38. The van der Waals surface area contributed by atoms with Crippen LogP contribution >= 0.6 is 23.2 Å². The SMILES string of the molecule is CC(C)(C)OC(=O)NC(Cc1ccc(COc2cccc(Cl)c2Cl)o1)C(=O)O. The smallest absolute Gasteiger partial charge is 0.408 e. The molecule has 28 heavy (non-hydrogen) atoms. The molecular weight excluding hydrogens is 409 g/mol. The van der Waals surface area contributed by atoms with Gasteiger partial charge in [-0.2, -0.15) is 0 Å². The lowest BCUT2D eigenvalue weighted by atomic mass is 10.1. The van der Waals surface area contributed by atoms with E-state index in [0.717, 1.165) is 0 Å². The standard InChI is InChI=1S/C19H21Cl2NO6/c1-19(2,3)28-18(25)22-14(17(23)24)9-11-7-8-12(27-11)10-26-15-6-4-5-13(20)16(15)21/h4-8,14H,9-10H2,1-3H3,(H,22,25)(H,23,24). The first kappa shape index (κ1) is 21.9. The minimum Gasteiger partial charge on any atom is -0.484 e. The van der Waals surface area contributed by atoms with E-state index in [9.17, 15) is 14.7 Å². The summed E-state index contributed by atoms with van der Waals surface area (Å²) in [6.07, 6.45) is -0.863. The molecule has 1 aromatic carbocycles. The molecule has 2 N–H and O–H groups in total. The van der Waals surface area contributed by atoms with Crippen molar-refractivity contribution >= 4 is 35.3 Å². The number of nitrogens with one attached hydrogen (secondary N) is 1. The van der Waals surface area contributed by atoms with Crippen molar-refractivity contribution in [2.75, 3.05) is 0 Å². The first-order valence-corrected chi connectivity index (χ1v) is 9.17. The highest BCUT2D eigenvalue weighted by Gasteiger charge is 2.25. The predicted octanol–water partition coefficient (Wildman–Crippen LogP) is 4.69. The zero-order chi connectivity index (χ0) is 20.9. The molecule has 1 heterocycles. The van der Waals surface area contributed by atoms with Crippen LogP contribution in [0.5, 0.6) is 5.75 Å². The van der Waals surface area contributed by atoms with E-state index < -0.39 is 23.7 Å². The van der Waals surface area contributed by atoms with Gasteiger partial charge in [-0.3, -0.25) is 0 Å². The Morgan fingerprint density at radius 3 is 2.50 bits per heavy atom. The van der Waals surface area contributed by atoms with Crippen LogP contribution in [-0.2, 0) is 22.6 Å². The second-order valence-corrected chi connectivity index (χ2v) is 7.73. The minimum atomic E-state index is -1.20. The molecule has 0 radical (unpaired) electrons. The topological polar surface area (TPSA) is 98.0 Å². The van der Waals surface area contributed by atoms with Crippen molar-refractivity contribution in [2.24, 2.45) is 0 Å². The number of amides is 1. The van der Waals surface area contributed by atoms with Crippen LogP contribution in [0.2, 0.25) is 10.0 Å². The maximum absolute atomic E-state index is 11.8. The molecule has 0 saturated heterocycles. The maximum Gasteiger partial charge on any atom is 0.408 e. The molecule has 1 aromatic heterocycles. The van der Waals surface area contributed by atoms with Crippen molar-refractivity contribution in [1.29, 1.82) is 0 Å². The number of aliphatic carboxylic acids is 1. The van der Waals surface area contributed by atoms with Crippen LogP contribution in [0.3, 0.4) is 0 Å². The molecule has 1 unspecified atom stereocenters. The Morgan fingerprint density at radius 1 is 1.18 bits per heavy atom. The molecule has 9 heteroatoms. The fraction of sp³-hybridized carbons (Fsp3) is 0.368. The molecule has 0 aliphatic heterocycles. The number of hydrogen-bond acceptors (Lipinski definition) is 5. The second kappa shape index (κ2) is 9.21. The normalized spacial score (nSPS) is 12.3. The van der Waals surface area contributed by atoms with Crippen molar-refractivity contribution in [3.8, 4) is 5.75 Å². The molecule has 7 nitrogen and oxygen atoms in total. The largest absolute Gasteiger partial charge is 0.484 e. The second-order valence-electron chi connectivity index (χ2n) is 6.95. The van der Waals surface area contributed by atoms with Crippen LogP contribution in [0.1, 0.15) is 32.3 Å². The van der Waals surface area contributed by atoms with Gasteiger partial charge in [0.1, 0.15) is 40.5 Å². The Morgan fingerprint density at radius 2 is 1.86 bits per heavy atom. The molecule has 0 aliphatic carbocycles.